The van der Waals surface area contributed by atoms with Crippen LogP contribution in [0.2, 0.25) is 0 Å². The summed E-state index contributed by atoms with van der Waals surface area (Å²) in [6.07, 6.45) is 6.94. The van der Waals surface area contributed by atoms with Crippen LogP contribution in [-0.2, 0) is 34.1 Å². The highest BCUT2D eigenvalue weighted by molar-refractivity contribution is 7.89. The van der Waals surface area contributed by atoms with Gasteiger partial charge in [-0.15, -0.1) is 11.3 Å². The highest BCUT2D eigenvalue weighted by Gasteiger charge is 2.34. The fourth-order valence-corrected chi connectivity index (χ4v) is 6.40. The van der Waals surface area contributed by atoms with E-state index in [0.717, 1.165) is 55.4 Å². The van der Waals surface area contributed by atoms with Gasteiger partial charge in [-0.2, -0.15) is 0 Å². The molecule has 1 aromatic rings. The number of Topliss-reactive ketones (excluding diaryl/α,β-unsaturated/α-hetero) is 1. The average molecular weight is 341 g/mol. The summed E-state index contributed by atoms with van der Waals surface area (Å²) in [5.74, 6) is 0.392. The van der Waals surface area contributed by atoms with Crippen LogP contribution in [0.3, 0.4) is 0 Å². The van der Waals surface area contributed by atoms with Gasteiger partial charge in [-0.05, 0) is 50.5 Å². The summed E-state index contributed by atoms with van der Waals surface area (Å²) in [7, 11) is -3.49. The fraction of sp³-hybridized carbons (Fsp3) is 0.688. The number of carbonyl (C=O) groups is 1. The lowest BCUT2D eigenvalue weighted by molar-refractivity contribution is -0.119. The van der Waals surface area contributed by atoms with Crippen LogP contribution >= 0.6 is 11.3 Å². The predicted octanol–water partition coefficient (Wildman–Crippen LogP) is 2.84. The molecule has 6 heteroatoms. The van der Waals surface area contributed by atoms with Crippen LogP contribution in [0.25, 0.3) is 0 Å². The Labute approximate surface area is 136 Å². The van der Waals surface area contributed by atoms with E-state index in [4.69, 9.17) is 0 Å². The molecule has 22 heavy (non-hydrogen) atoms. The van der Waals surface area contributed by atoms with Gasteiger partial charge in [0.1, 0.15) is 5.78 Å². The fourth-order valence-electron chi connectivity index (χ4n) is 3.04. The number of hydrogen-bond acceptors (Lipinski definition) is 4. The van der Waals surface area contributed by atoms with Crippen molar-refractivity contribution in [3.05, 3.63) is 15.3 Å². The van der Waals surface area contributed by atoms with Crippen molar-refractivity contribution < 1.29 is 13.2 Å². The van der Waals surface area contributed by atoms with Gasteiger partial charge in [-0.3, -0.25) is 4.79 Å². The first kappa shape index (κ1) is 16.1. The quantitative estimate of drug-likeness (QED) is 0.829. The molecule has 0 aliphatic heterocycles. The second-order valence-corrected chi connectivity index (χ2v) is 9.17. The Balaban J connectivity index is 1.97. The van der Waals surface area contributed by atoms with Gasteiger partial charge in [0, 0.05) is 28.6 Å². The number of fused-ring (bicyclic) bond motifs is 1. The molecule has 2 aliphatic carbocycles. The molecule has 0 unspecified atom stereocenters. The van der Waals surface area contributed by atoms with E-state index >= 15 is 0 Å². The lowest BCUT2D eigenvalue weighted by Crippen LogP contribution is -2.26. The second kappa shape index (κ2) is 6.42. The number of hydrogen-bond donors (Lipinski definition) is 1. The van der Waals surface area contributed by atoms with Crippen LogP contribution in [-0.4, -0.2) is 20.7 Å². The molecule has 1 heterocycles. The van der Waals surface area contributed by atoms with Crippen LogP contribution in [0.4, 0.5) is 0 Å². The Kier molecular flexibility index (Phi) is 4.71. The predicted molar refractivity (Wildman–Crippen MR) is 87.9 cm³/mol. The molecule has 4 nitrogen and oxygen atoms in total. The summed E-state index contributed by atoms with van der Waals surface area (Å²) in [5, 5.41) is 0. The molecule has 1 fully saturated rings. The van der Waals surface area contributed by atoms with Gasteiger partial charge in [0.05, 0.1) is 4.90 Å². The molecule has 0 spiro atoms. The van der Waals surface area contributed by atoms with E-state index in [1.165, 1.54) is 4.88 Å². The lowest BCUT2D eigenvalue weighted by Gasteiger charge is -2.14. The summed E-state index contributed by atoms with van der Waals surface area (Å²) in [6.45, 7) is 2.39. The SMILES string of the molecule is CCCNS(=O)(=O)c1c(CC(=O)C2CC2)sc2c1CCCC2. The summed E-state index contributed by atoms with van der Waals surface area (Å²) < 4.78 is 28.1. The van der Waals surface area contributed by atoms with Gasteiger partial charge in [0.25, 0.3) is 0 Å². The van der Waals surface area contributed by atoms with E-state index in [1.54, 1.807) is 11.3 Å². The molecule has 1 saturated carbocycles. The van der Waals surface area contributed by atoms with E-state index < -0.39 is 10.0 Å². The van der Waals surface area contributed by atoms with Crippen LogP contribution in [0.5, 0.6) is 0 Å². The maximum absolute atomic E-state index is 12.7. The second-order valence-electron chi connectivity index (χ2n) is 6.28. The van der Waals surface area contributed by atoms with E-state index in [-0.39, 0.29) is 11.7 Å². The van der Waals surface area contributed by atoms with Crippen molar-refractivity contribution in [1.29, 1.82) is 0 Å². The van der Waals surface area contributed by atoms with E-state index in [2.05, 4.69) is 4.72 Å². The van der Waals surface area contributed by atoms with Gasteiger partial charge >= 0.3 is 0 Å². The largest absolute Gasteiger partial charge is 0.299 e. The molecule has 1 N–H and O–H groups in total. The molecule has 0 radical (unpaired) electrons. The van der Waals surface area contributed by atoms with Crippen molar-refractivity contribution in [2.24, 2.45) is 5.92 Å². The molecule has 122 valence electrons. The van der Waals surface area contributed by atoms with E-state index in [0.29, 0.717) is 17.9 Å². The molecular weight excluding hydrogens is 318 g/mol. The molecule has 0 saturated heterocycles. The Hall–Kier alpha value is -0.720. The topological polar surface area (TPSA) is 63.2 Å². The first-order valence-electron chi connectivity index (χ1n) is 8.18. The summed E-state index contributed by atoms with van der Waals surface area (Å²) >= 11 is 1.56. The van der Waals surface area contributed by atoms with Gasteiger partial charge in [0.15, 0.2) is 0 Å². The third kappa shape index (κ3) is 3.29. The number of sulfonamides is 1. The summed E-state index contributed by atoms with van der Waals surface area (Å²) in [4.78, 5) is 14.6. The molecule has 0 amide bonds. The number of nitrogens with one attached hydrogen (secondary N) is 1. The number of carbonyl (C=O) groups excluding carboxylic acids is 1. The molecule has 1 aromatic heterocycles. The molecule has 0 aromatic carbocycles. The third-order valence-corrected chi connectivity index (χ3v) is 7.40. The number of thiophene rings is 1. The maximum Gasteiger partial charge on any atom is 0.241 e. The number of ketones is 1. The molecule has 3 rings (SSSR count). The Bertz CT molecular complexity index is 672. The van der Waals surface area contributed by atoms with Crippen molar-refractivity contribution in [2.45, 2.75) is 63.2 Å². The highest BCUT2D eigenvalue weighted by Crippen LogP contribution is 2.39. The minimum Gasteiger partial charge on any atom is -0.299 e. The number of aryl methyl sites for hydroxylation is 1. The Morgan fingerprint density at radius 1 is 1.27 bits per heavy atom. The minimum atomic E-state index is -3.49. The van der Waals surface area contributed by atoms with Crippen LogP contribution < -0.4 is 4.72 Å². The van der Waals surface area contributed by atoms with Gasteiger partial charge in [-0.1, -0.05) is 6.92 Å². The molecule has 0 bridgehead atoms. The normalized spacial score (nSPS) is 18.2. The van der Waals surface area contributed by atoms with Crippen LogP contribution in [0, 0.1) is 5.92 Å². The van der Waals surface area contributed by atoms with Crippen molar-refractivity contribution in [1.82, 2.24) is 4.72 Å². The smallest absolute Gasteiger partial charge is 0.241 e. The van der Waals surface area contributed by atoms with Crippen molar-refractivity contribution >= 4 is 27.1 Å². The van der Waals surface area contributed by atoms with Crippen LogP contribution in [0.1, 0.15) is 54.3 Å². The molecule has 0 atom stereocenters. The van der Waals surface area contributed by atoms with Crippen molar-refractivity contribution in [3.8, 4) is 0 Å². The van der Waals surface area contributed by atoms with Gasteiger partial charge in [0.2, 0.25) is 10.0 Å². The lowest BCUT2D eigenvalue weighted by atomic mass is 9.98. The average Bonchev–Trinajstić information content (AvgIpc) is 3.26. The monoisotopic (exact) mass is 341 g/mol. The summed E-state index contributed by atoms with van der Waals surface area (Å²) in [5.41, 5.74) is 0.985. The first-order valence-corrected chi connectivity index (χ1v) is 10.5. The molecular formula is C16H23NO3S2. The standard InChI is InChI=1S/C16H23NO3S2/c1-2-9-17-22(19,20)16-12-5-3-4-6-14(12)21-15(16)10-13(18)11-7-8-11/h11,17H,2-10H2,1H3. The Morgan fingerprint density at radius 3 is 2.68 bits per heavy atom. The molecule has 2 aliphatic rings. The van der Waals surface area contributed by atoms with Gasteiger partial charge in [-0.25, -0.2) is 13.1 Å². The minimum absolute atomic E-state index is 0.179. The van der Waals surface area contributed by atoms with E-state index in [1.807, 2.05) is 6.92 Å². The van der Waals surface area contributed by atoms with E-state index in [9.17, 15) is 13.2 Å². The number of rotatable bonds is 7. The zero-order valence-corrected chi connectivity index (χ0v) is 14.6. The zero-order chi connectivity index (χ0) is 15.7. The Morgan fingerprint density at radius 2 is 2.00 bits per heavy atom. The van der Waals surface area contributed by atoms with Crippen LogP contribution in [0.15, 0.2) is 4.90 Å². The highest BCUT2D eigenvalue weighted by atomic mass is 32.2. The zero-order valence-electron chi connectivity index (χ0n) is 13.0. The van der Waals surface area contributed by atoms with Crippen molar-refractivity contribution in [3.63, 3.8) is 0 Å². The first-order chi connectivity index (χ1) is 10.5. The summed E-state index contributed by atoms with van der Waals surface area (Å²) in [6, 6.07) is 0. The van der Waals surface area contributed by atoms with Gasteiger partial charge < -0.3 is 0 Å². The maximum atomic E-state index is 12.7. The van der Waals surface area contributed by atoms with Crippen molar-refractivity contribution in [2.75, 3.05) is 6.54 Å². The third-order valence-electron chi connectivity index (χ3n) is 4.37.